The van der Waals surface area contributed by atoms with Gasteiger partial charge in [0.2, 0.25) is 0 Å². The first-order valence-electron chi connectivity index (χ1n) is 8.14. The lowest BCUT2D eigenvalue weighted by Crippen LogP contribution is -2.21. The van der Waals surface area contributed by atoms with E-state index >= 15 is 0 Å². The molecule has 2 atom stereocenters. The molecule has 2 nitrogen and oxygen atoms in total. The Hall–Kier alpha value is -0.960. The van der Waals surface area contributed by atoms with E-state index in [2.05, 4.69) is 56.4 Å². The van der Waals surface area contributed by atoms with Gasteiger partial charge in [0, 0.05) is 5.71 Å². The van der Waals surface area contributed by atoms with E-state index in [-0.39, 0.29) is 4.75 Å². The molecular weight excluding hydrogens is 290 g/mol. The number of hydrogen-bond donors (Lipinski definition) is 0. The fraction of sp³-hybridized carbons (Fsp3) is 0.632. The Morgan fingerprint density at radius 3 is 2.09 bits per heavy atom. The maximum atomic E-state index is 12.3. The minimum absolute atomic E-state index is 0.296. The van der Waals surface area contributed by atoms with E-state index in [0.717, 1.165) is 18.6 Å². The maximum absolute atomic E-state index is 12.3. The summed E-state index contributed by atoms with van der Waals surface area (Å²) in [5.74, 6) is 0.927. The lowest BCUT2D eigenvalue weighted by Gasteiger charge is -2.18. The van der Waals surface area contributed by atoms with Crippen molar-refractivity contribution in [2.45, 2.75) is 72.0 Å². The SMILES string of the molecule is Cc1ccc([C@@H](C)CC(CC(C)C)=NS(=O)C(C)(C)C)cc1. The van der Waals surface area contributed by atoms with Crippen molar-refractivity contribution in [2.75, 3.05) is 0 Å². The van der Waals surface area contributed by atoms with Crippen LogP contribution in [0.15, 0.2) is 28.7 Å². The van der Waals surface area contributed by atoms with Crippen LogP contribution < -0.4 is 0 Å². The second kappa shape index (κ2) is 8.05. The largest absolute Gasteiger partial charge is 0.234 e. The van der Waals surface area contributed by atoms with Gasteiger partial charge in [-0.05, 0) is 57.9 Å². The van der Waals surface area contributed by atoms with Gasteiger partial charge in [-0.25, -0.2) is 4.21 Å². The zero-order chi connectivity index (χ0) is 16.9. The van der Waals surface area contributed by atoms with Gasteiger partial charge in [0.15, 0.2) is 0 Å². The molecule has 0 aliphatic rings. The van der Waals surface area contributed by atoms with Crippen LogP contribution in [-0.2, 0) is 11.0 Å². The first-order chi connectivity index (χ1) is 10.1. The highest BCUT2D eigenvalue weighted by atomic mass is 32.2. The monoisotopic (exact) mass is 321 g/mol. The average Bonchev–Trinajstić information content (AvgIpc) is 2.37. The Kier molecular flexibility index (Phi) is 6.98. The van der Waals surface area contributed by atoms with Crippen LogP contribution in [0.3, 0.4) is 0 Å². The fourth-order valence-corrected chi connectivity index (χ4v) is 2.91. The topological polar surface area (TPSA) is 29.4 Å². The summed E-state index contributed by atoms with van der Waals surface area (Å²) in [5.41, 5.74) is 3.68. The molecule has 0 bridgehead atoms. The summed E-state index contributed by atoms with van der Waals surface area (Å²) < 4.78 is 16.6. The minimum Gasteiger partial charge on any atom is -0.234 e. The quantitative estimate of drug-likeness (QED) is 0.642. The van der Waals surface area contributed by atoms with Crippen LogP contribution in [0.2, 0.25) is 0 Å². The van der Waals surface area contributed by atoms with Crippen LogP contribution in [0.25, 0.3) is 0 Å². The van der Waals surface area contributed by atoms with Gasteiger partial charge in [-0.15, -0.1) is 0 Å². The molecule has 124 valence electrons. The van der Waals surface area contributed by atoms with E-state index in [9.17, 15) is 4.21 Å². The predicted molar refractivity (Wildman–Crippen MR) is 99.0 cm³/mol. The molecule has 0 aromatic heterocycles. The molecule has 3 heteroatoms. The predicted octanol–water partition coefficient (Wildman–Crippen LogP) is 5.44. The average molecular weight is 322 g/mol. The highest BCUT2D eigenvalue weighted by Crippen LogP contribution is 2.23. The van der Waals surface area contributed by atoms with E-state index in [4.69, 9.17) is 0 Å². The molecule has 0 aliphatic heterocycles. The zero-order valence-electron chi connectivity index (χ0n) is 15.1. The molecule has 0 N–H and O–H groups in total. The van der Waals surface area contributed by atoms with Crippen LogP contribution in [0.4, 0.5) is 0 Å². The number of hydrogen-bond acceptors (Lipinski definition) is 1. The van der Waals surface area contributed by atoms with Crippen molar-refractivity contribution in [1.82, 2.24) is 0 Å². The van der Waals surface area contributed by atoms with Gasteiger partial charge in [-0.1, -0.05) is 50.6 Å². The first-order valence-corrected chi connectivity index (χ1v) is 9.25. The molecule has 0 aliphatic carbocycles. The van der Waals surface area contributed by atoms with Gasteiger partial charge in [-0.3, -0.25) is 0 Å². The van der Waals surface area contributed by atoms with E-state index in [1.54, 1.807) is 0 Å². The number of nitrogens with zero attached hydrogens (tertiary/aromatic N) is 1. The molecule has 0 saturated carbocycles. The van der Waals surface area contributed by atoms with Crippen molar-refractivity contribution in [3.05, 3.63) is 35.4 Å². The molecule has 0 spiro atoms. The molecule has 0 amide bonds. The van der Waals surface area contributed by atoms with Gasteiger partial charge < -0.3 is 0 Å². The number of benzene rings is 1. The van der Waals surface area contributed by atoms with Crippen molar-refractivity contribution < 1.29 is 4.21 Å². The molecule has 1 aromatic carbocycles. The lowest BCUT2D eigenvalue weighted by molar-refractivity contribution is 0.646. The zero-order valence-corrected chi connectivity index (χ0v) is 16.0. The first kappa shape index (κ1) is 19.1. The second-order valence-electron chi connectivity index (χ2n) is 7.63. The van der Waals surface area contributed by atoms with Gasteiger partial charge in [0.05, 0.1) is 4.75 Å². The van der Waals surface area contributed by atoms with Gasteiger partial charge in [0.25, 0.3) is 0 Å². The summed E-state index contributed by atoms with van der Waals surface area (Å²) in [6, 6.07) is 8.68. The van der Waals surface area contributed by atoms with Crippen LogP contribution in [-0.4, -0.2) is 14.7 Å². The Morgan fingerprint density at radius 1 is 1.09 bits per heavy atom. The van der Waals surface area contributed by atoms with Crippen LogP contribution in [0.1, 0.15) is 71.4 Å². The van der Waals surface area contributed by atoms with E-state index in [1.807, 2.05) is 20.8 Å². The van der Waals surface area contributed by atoms with Crippen molar-refractivity contribution in [3.63, 3.8) is 0 Å². The highest BCUT2D eigenvalue weighted by Gasteiger charge is 2.21. The Balaban J connectivity index is 2.91. The van der Waals surface area contributed by atoms with Crippen molar-refractivity contribution in [1.29, 1.82) is 0 Å². The molecule has 0 fully saturated rings. The van der Waals surface area contributed by atoms with Crippen molar-refractivity contribution in [3.8, 4) is 0 Å². The Bertz CT molecular complexity index is 523. The summed E-state index contributed by atoms with van der Waals surface area (Å²) in [6.07, 6.45) is 1.79. The summed E-state index contributed by atoms with van der Waals surface area (Å²) in [5, 5.41) is 0. The molecule has 0 radical (unpaired) electrons. The Labute approximate surface area is 139 Å². The number of rotatable bonds is 6. The fourth-order valence-electron chi connectivity index (χ4n) is 2.25. The summed E-state index contributed by atoms with van der Waals surface area (Å²) >= 11 is 0. The van der Waals surface area contributed by atoms with E-state index < -0.39 is 11.0 Å². The smallest absolute Gasteiger partial charge is 0.144 e. The van der Waals surface area contributed by atoms with Gasteiger partial charge >= 0.3 is 0 Å². The van der Waals surface area contributed by atoms with Gasteiger partial charge in [0.1, 0.15) is 11.0 Å². The molecule has 1 aromatic rings. The third-order valence-electron chi connectivity index (χ3n) is 3.57. The van der Waals surface area contributed by atoms with Crippen LogP contribution >= 0.6 is 0 Å². The Morgan fingerprint density at radius 2 is 1.64 bits per heavy atom. The van der Waals surface area contributed by atoms with Crippen molar-refractivity contribution >= 4 is 16.7 Å². The molecule has 0 saturated heterocycles. The molecule has 1 unspecified atom stereocenters. The maximum Gasteiger partial charge on any atom is 0.144 e. The standard InChI is InChI=1S/C19H31NOS/c1-14(2)12-18(20-22(21)19(5,6)7)13-16(4)17-10-8-15(3)9-11-17/h8-11,14,16H,12-13H2,1-7H3/t16-,22?/m0/s1. The van der Waals surface area contributed by atoms with E-state index in [1.165, 1.54) is 11.1 Å². The van der Waals surface area contributed by atoms with Gasteiger partial charge in [-0.2, -0.15) is 4.40 Å². The second-order valence-corrected chi connectivity index (χ2v) is 9.54. The molecule has 22 heavy (non-hydrogen) atoms. The van der Waals surface area contributed by atoms with Crippen LogP contribution in [0, 0.1) is 12.8 Å². The van der Waals surface area contributed by atoms with E-state index in [0.29, 0.717) is 11.8 Å². The summed E-state index contributed by atoms with van der Waals surface area (Å²) in [4.78, 5) is 0. The third-order valence-corrected chi connectivity index (χ3v) is 5.04. The molecular formula is C19H31NOS. The number of aryl methyl sites for hydroxylation is 1. The van der Waals surface area contributed by atoms with Crippen molar-refractivity contribution in [2.24, 2.45) is 10.3 Å². The molecule has 0 heterocycles. The lowest BCUT2D eigenvalue weighted by atomic mass is 9.92. The molecule has 1 rings (SSSR count). The summed E-state index contributed by atoms with van der Waals surface area (Å²) in [7, 11) is -1.17. The highest BCUT2D eigenvalue weighted by molar-refractivity contribution is 7.85. The summed E-state index contributed by atoms with van der Waals surface area (Å²) in [6.45, 7) is 14.6. The normalized spacial score (nSPS) is 15.9. The third kappa shape index (κ3) is 6.43. The van der Waals surface area contributed by atoms with Crippen LogP contribution in [0.5, 0.6) is 0 Å². The minimum atomic E-state index is -1.17.